The van der Waals surface area contributed by atoms with Gasteiger partial charge in [0.1, 0.15) is 0 Å². The minimum Gasteiger partial charge on any atom is -0.337 e. The second-order valence-corrected chi connectivity index (χ2v) is 7.37. The molecule has 4 heteroatoms. The third kappa shape index (κ3) is 2.89. The molecule has 2 aromatic rings. The first-order valence-corrected chi connectivity index (χ1v) is 9.27. The fourth-order valence-corrected chi connectivity index (χ4v) is 4.57. The maximum atomic E-state index is 13.5. The molecule has 1 amide bonds. The van der Waals surface area contributed by atoms with Crippen molar-refractivity contribution >= 4 is 5.91 Å². The van der Waals surface area contributed by atoms with Crippen molar-refractivity contribution in [3.05, 3.63) is 71.3 Å². The van der Waals surface area contributed by atoms with Gasteiger partial charge in [-0.1, -0.05) is 42.5 Å². The molecule has 1 unspecified atom stereocenters. The van der Waals surface area contributed by atoms with Gasteiger partial charge in [-0.15, -0.1) is 0 Å². The van der Waals surface area contributed by atoms with Crippen LogP contribution in [0.2, 0.25) is 0 Å². The lowest BCUT2D eigenvalue weighted by atomic mass is 9.68. The number of piperidine rings is 1. The highest BCUT2D eigenvalue weighted by atomic mass is 16.2. The molecular formula is C22H23N3O. The molecule has 26 heavy (non-hydrogen) atoms. The first kappa shape index (κ1) is 16.8. The summed E-state index contributed by atoms with van der Waals surface area (Å²) in [6.07, 6.45) is 1.72. The largest absolute Gasteiger partial charge is 0.337 e. The molecule has 0 bridgehead atoms. The number of benzene rings is 2. The summed E-state index contributed by atoms with van der Waals surface area (Å²) in [4.78, 5) is 15.5. The minimum atomic E-state index is -0.339. The number of nitriles is 1. The number of amides is 1. The summed E-state index contributed by atoms with van der Waals surface area (Å²) in [5.41, 5.74) is 2.61. The van der Waals surface area contributed by atoms with Gasteiger partial charge in [-0.2, -0.15) is 5.26 Å². The van der Waals surface area contributed by atoms with Gasteiger partial charge >= 0.3 is 0 Å². The van der Waals surface area contributed by atoms with Gasteiger partial charge in [0.05, 0.1) is 17.0 Å². The Morgan fingerprint density at radius 1 is 1.12 bits per heavy atom. The van der Waals surface area contributed by atoms with E-state index in [9.17, 15) is 10.1 Å². The van der Waals surface area contributed by atoms with Crippen LogP contribution in [0.1, 0.15) is 35.4 Å². The van der Waals surface area contributed by atoms with E-state index in [1.165, 1.54) is 0 Å². The van der Waals surface area contributed by atoms with Gasteiger partial charge in [-0.3, -0.25) is 4.79 Å². The van der Waals surface area contributed by atoms with Crippen molar-refractivity contribution in [1.29, 1.82) is 5.26 Å². The van der Waals surface area contributed by atoms with Crippen molar-refractivity contribution in [2.75, 3.05) is 19.6 Å². The number of nitrogens with one attached hydrogen (secondary N) is 1. The number of hydrogen-bond donors (Lipinski definition) is 1. The molecule has 1 spiro atoms. The maximum absolute atomic E-state index is 13.5. The standard InChI is InChI=1S/C22H23N3O/c23-14-18-7-4-8-19(13-18)20-16-25(15-17-5-2-1-3-6-17)21(26)22(20)9-11-24-12-10-22/h1-8,13,20,24H,9-12,15-16H2. The normalized spacial score (nSPS) is 21.7. The topological polar surface area (TPSA) is 56.1 Å². The average Bonchev–Trinajstić information content (AvgIpc) is 2.95. The van der Waals surface area contributed by atoms with E-state index >= 15 is 0 Å². The number of nitrogens with zero attached hydrogens (tertiary/aromatic N) is 2. The van der Waals surface area contributed by atoms with E-state index < -0.39 is 0 Å². The molecule has 2 aliphatic rings. The van der Waals surface area contributed by atoms with Gasteiger partial charge in [0.25, 0.3) is 0 Å². The van der Waals surface area contributed by atoms with E-state index in [0.29, 0.717) is 12.1 Å². The molecule has 2 fully saturated rings. The summed E-state index contributed by atoms with van der Waals surface area (Å²) in [7, 11) is 0. The maximum Gasteiger partial charge on any atom is 0.229 e. The van der Waals surface area contributed by atoms with Crippen molar-refractivity contribution in [1.82, 2.24) is 10.2 Å². The fraction of sp³-hybridized carbons (Fsp3) is 0.364. The van der Waals surface area contributed by atoms with Crippen LogP contribution in [-0.2, 0) is 11.3 Å². The van der Waals surface area contributed by atoms with E-state index in [0.717, 1.165) is 43.6 Å². The van der Waals surface area contributed by atoms with Gasteiger partial charge in [-0.05, 0) is 49.2 Å². The van der Waals surface area contributed by atoms with Gasteiger partial charge in [0.2, 0.25) is 5.91 Å². The van der Waals surface area contributed by atoms with Gasteiger partial charge in [-0.25, -0.2) is 0 Å². The van der Waals surface area contributed by atoms with Gasteiger partial charge < -0.3 is 10.2 Å². The second kappa shape index (κ2) is 6.93. The monoisotopic (exact) mass is 345 g/mol. The van der Waals surface area contributed by atoms with Crippen molar-refractivity contribution in [3.8, 4) is 6.07 Å². The summed E-state index contributed by atoms with van der Waals surface area (Å²) in [5.74, 6) is 0.421. The lowest BCUT2D eigenvalue weighted by Crippen LogP contribution is -2.44. The Hall–Kier alpha value is -2.64. The summed E-state index contributed by atoms with van der Waals surface area (Å²) in [5, 5.41) is 12.7. The zero-order valence-electron chi connectivity index (χ0n) is 14.8. The summed E-state index contributed by atoms with van der Waals surface area (Å²) in [6, 6.07) is 20.2. The fourth-order valence-electron chi connectivity index (χ4n) is 4.57. The third-order valence-electron chi connectivity index (χ3n) is 5.91. The summed E-state index contributed by atoms with van der Waals surface area (Å²) in [6.45, 7) is 3.13. The molecular weight excluding hydrogens is 322 g/mol. The first-order chi connectivity index (χ1) is 12.7. The second-order valence-electron chi connectivity index (χ2n) is 7.37. The van der Waals surface area contributed by atoms with Crippen LogP contribution >= 0.6 is 0 Å². The molecule has 4 nitrogen and oxygen atoms in total. The summed E-state index contributed by atoms with van der Waals surface area (Å²) < 4.78 is 0. The van der Waals surface area contributed by atoms with Crippen LogP contribution in [0.25, 0.3) is 0 Å². The predicted molar refractivity (Wildman–Crippen MR) is 100 cm³/mol. The number of carbonyl (C=O) groups excluding carboxylic acids is 1. The molecule has 0 saturated carbocycles. The number of hydrogen-bond acceptors (Lipinski definition) is 3. The number of likely N-dealkylation sites (tertiary alicyclic amines) is 1. The lowest BCUT2D eigenvalue weighted by molar-refractivity contribution is -0.138. The highest BCUT2D eigenvalue weighted by molar-refractivity contribution is 5.87. The third-order valence-corrected chi connectivity index (χ3v) is 5.91. The molecule has 0 aliphatic carbocycles. The van der Waals surface area contributed by atoms with Crippen molar-refractivity contribution in [2.24, 2.45) is 5.41 Å². The van der Waals surface area contributed by atoms with Crippen molar-refractivity contribution in [2.45, 2.75) is 25.3 Å². The first-order valence-electron chi connectivity index (χ1n) is 9.27. The van der Waals surface area contributed by atoms with Crippen molar-refractivity contribution < 1.29 is 4.79 Å². The van der Waals surface area contributed by atoms with E-state index in [2.05, 4.69) is 29.6 Å². The Morgan fingerprint density at radius 2 is 1.88 bits per heavy atom. The highest BCUT2D eigenvalue weighted by Crippen LogP contribution is 2.50. The SMILES string of the molecule is N#Cc1cccc(C2CN(Cc3ccccc3)C(=O)C23CCNCC3)c1. The number of rotatable bonds is 3. The molecule has 1 atom stereocenters. The van der Waals surface area contributed by atoms with Crippen LogP contribution in [-0.4, -0.2) is 30.4 Å². The Kier molecular flexibility index (Phi) is 4.48. The number of carbonyl (C=O) groups is 1. The molecule has 2 saturated heterocycles. The lowest BCUT2D eigenvalue weighted by Gasteiger charge is -2.37. The minimum absolute atomic E-state index is 0.147. The van der Waals surface area contributed by atoms with Crippen LogP contribution in [0.4, 0.5) is 0 Å². The molecule has 1 N–H and O–H groups in total. The quantitative estimate of drug-likeness (QED) is 0.930. The van der Waals surface area contributed by atoms with Crippen LogP contribution in [0, 0.1) is 16.7 Å². The van der Waals surface area contributed by atoms with Crippen molar-refractivity contribution in [3.63, 3.8) is 0 Å². The van der Waals surface area contributed by atoms with Crippen LogP contribution in [0.15, 0.2) is 54.6 Å². The average molecular weight is 345 g/mol. The highest BCUT2D eigenvalue weighted by Gasteiger charge is 2.54. The molecule has 2 heterocycles. The zero-order chi connectivity index (χ0) is 18.0. The molecule has 132 valence electrons. The molecule has 2 aliphatic heterocycles. The Balaban J connectivity index is 1.69. The molecule has 4 rings (SSSR count). The molecule has 0 aromatic heterocycles. The smallest absolute Gasteiger partial charge is 0.229 e. The summed E-state index contributed by atoms with van der Waals surface area (Å²) >= 11 is 0. The van der Waals surface area contributed by atoms with Gasteiger partial charge in [0, 0.05) is 19.0 Å². The van der Waals surface area contributed by atoms with E-state index in [4.69, 9.17) is 0 Å². The van der Waals surface area contributed by atoms with Crippen LogP contribution in [0.5, 0.6) is 0 Å². The van der Waals surface area contributed by atoms with Gasteiger partial charge in [0.15, 0.2) is 0 Å². The Bertz CT molecular complexity index is 834. The van der Waals surface area contributed by atoms with Crippen LogP contribution in [0.3, 0.4) is 0 Å². The zero-order valence-corrected chi connectivity index (χ0v) is 14.8. The van der Waals surface area contributed by atoms with E-state index in [-0.39, 0.29) is 17.2 Å². The predicted octanol–water partition coefficient (Wildman–Crippen LogP) is 3.05. The molecule has 2 aromatic carbocycles. The van der Waals surface area contributed by atoms with Crippen LogP contribution < -0.4 is 5.32 Å². The van der Waals surface area contributed by atoms with E-state index in [1.54, 1.807) is 0 Å². The molecule has 0 radical (unpaired) electrons. The Labute approximate surface area is 154 Å². The van der Waals surface area contributed by atoms with E-state index in [1.807, 2.05) is 41.3 Å². The Morgan fingerprint density at radius 3 is 2.62 bits per heavy atom.